The van der Waals surface area contributed by atoms with Gasteiger partial charge in [-0.25, -0.2) is 4.98 Å². The minimum atomic E-state index is -0.908. The van der Waals surface area contributed by atoms with E-state index >= 15 is 0 Å². The molecule has 61 heavy (non-hydrogen) atoms. The van der Waals surface area contributed by atoms with Crippen LogP contribution >= 0.6 is 11.3 Å². The molecule has 3 aliphatic heterocycles. The number of nitrogens with zero attached hydrogens (tertiary/aromatic N) is 6. The van der Waals surface area contributed by atoms with Gasteiger partial charge in [-0.2, -0.15) is 0 Å². The van der Waals surface area contributed by atoms with Crippen molar-refractivity contribution in [2.24, 2.45) is 5.41 Å². The van der Waals surface area contributed by atoms with Gasteiger partial charge in [0.05, 0.1) is 33.6 Å². The first kappa shape index (κ1) is 43.5. The van der Waals surface area contributed by atoms with Gasteiger partial charge in [-0.15, -0.1) is 21.5 Å². The summed E-state index contributed by atoms with van der Waals surface area (Å²) in [5, 5.41) is 35.2. The number of nitrogens with two attached hydrogens (primary N) is 1. The van der Waals surface area contributed by atoms with Gasteiger partial charge in [-0.05, 0) is 67.3 Å². The van der Waals surface area contributed by atoms with Crippen LogP contribution in [0.2, 0.25) is 0 Å². The number of aromatic nitrogens is 3. The molecule has 0 spiro atoms. The van der Waals surface area contributed by atoms with Crippen molar-refractivity contribution in [3.05, 3.63) is 71.4 Å². The number of fused-ring (bicyclic) bond motifs is 2. The van der Waals surface area contributed by atoms with E-state index in [1.807, 2.05) is 74.5 Å². The average Bonchev–Trinajstić information content (AvgIpc) is 3.92. The molecule has 6 N–H and O–H groups in total. The maximum atomic E-state index is 14.1. The second-order valence-corrected chi connectivity index (χ2v) is 18.5. The van der Waals surface area contributed by atoms with Gasteiger partial charge in [-0.1, -0.05) is 63.6 Å². The zero-order valence-electron chi connectivity index (χ0n) is 35.3. The van der Waals surface area contributed by atoms with Gasteiger partial charge in [0, 0.05) is 63.1 Å². The fraction of sp³-hybridized carbons (Fsp3) is 0.489. The summed E-state index contributed by atoms with van der Waals surface area (Å²) in [5.41, 5.74) is 12.2. The number of β-amino-alcohol motifs (C(OH)–C–C–N with tert-alkyl or cyclic N) is 1. The van der Waals surface area contributed by atoms with Crippen molar-refractivity contribution >= 4 is 46.5 Å². The maximum Gasteiger partial charge on any atom is 0.246 e. The molecule has 2 aromatic carbocycles. The number of benzene rings is 2. The minimum absolute atomic E-state index is 0.00262. The number of piperazine rings is 1. The fourth-order valence-corrected chi connectivity index (χ4v) is 9.67. The highest BCUT2D eigenvalue weighted by Crippen LogP contribution is 2.37. The molecule has 5 heterocycles. The van der Waals surface area contributed by atoms with E-state index in [2.05, 4.69) is 30.7 Å². The summed E-state index contributed by atoms with van der Waals surface area (Å²) in [6, 6.07) is 15.0. The van der Waals surface area contributed by atoms with Crippen molar-refractivity contribution in [1.82, 2.24) is 35.6 Å². The van der Waals surface area contributed by atoms with E-state index in [1.54, 1.807) is 29.5 Å². The average molecular weight is 852 g/mol. The van der Waals surface area contributed by atoms with Crippen molar-refractivity contribution in [3.63, 3.8) is 0 Å². The lowest BCUT2D eigenvalue weighted by molar-refractivity contribution is -0.144. The second-order valence-electron chi connectivity index (χ2n) is 17.6. The molecule has 5 atom stereocenters. The third-order valence-electron chi connectivity index (χ3n) is 12.1. The van der Waals surface area contributed by atoms with E-state index < -0.39 is 29.5 Å². The third-order valence-corrected chi connectivity index (χ3v) is 13.1. The summed E-state index contributed by atoms with van der Waals surface area (Å²) in [6.45, 7) is 9.08. The number of hydrogen-bond donors (Lipinski definition) is 5. The fourth-order valence-electron chi connectivity index (χ4n) is 8.85. The van der Waals surface area contributed by atoms with E-state index in [4.69, 9.17) is 5.73 Å². The molecule has 7 rings (SSSR count). The number of para-hydroxylation sites is 1. The Labute approximate surface area is 360 Å². The topological polar surface area (TPSA) is 207 Å². The Morgan fingerprint density at radius 3 is 2.33 bits per heavy atom. The molecule has 2 bridgehead atoms. The Hall–Kier alpha value is -5.61. The molecule has 3 unspecified atom stereocenters. The highest BCUT2D eigenvalue weighted by Gasteiger charge is 2.45. The summed E-state index contributed by atoms with van der Waals surface area (Å²) in [7, 11) is 0. The first-order chi connectivity index (χ1) is 29.2. The van der Waals surface area contributed by atoms with Crippen molar-refractivity contribution in [2.75, 3.05) is 30.3 Å². The largest absolute Gasteiger partial charge is 0.507 e. The maximum absolute atomic E-state index is 14.1. The molecule has 3 aliphatic rings. The molecule has 4 aromatic rings. The van der Waals surface area contributed by atoms with Gasteiger partial charge >= 0.3 is 0 Å². The molecule has 16 heteroatoms. The third kappa shape index (κ3) is 9.97. The van der Waals surface area contributed by atoms with Gasteiger partial charge in [0.1, 0.15) is 17.8 Å². The number of anilines is 2. The predicted octanol–water partition coefficient (Wildman–Crippen LogP) is 4.80. The molecule has 0 saturated carbocycles. The van der Waals surface area contributed by atoms with E-state index in [0.29, 0.717) is 55.8 Å². The lowest BCUT2D eigenvalue weighted by Crippen LogP contribution is -2.57. The predicted molar refractivity (Wildman–Crippen MR) is 234 cm³/mol. The van der Waals surface area contributed by atoms with Crippen molar-refractivity contribution in [3.8, 4) is 27.4 Å². The number of aryl methyl sites for hydroxylation is 1. The van der Waals surface area contributed by atoms with Gasteiger partial charge < -0.3 is 41.3 Å². The summed E-state index contributed by atoms with van der Waals surface area (Å²) < 4.78 is 0. The smallest absolute Gasteiger partial charge is 0.246 e. The molecule has 3 saturated heterocycles. The molecular formula is C45H57N9O6S. The summed E-state index contributed by atoms with van der Waals surface area (Å²) in [6.07, 6.45) is 3.48. The number of carbonyl (C=O) groups excluding carboxylic acids is 4. The van der Waals surface area contributed by atoms with Crippen molar-refractivity contribution in [2.45, 2.75) is 116 Å². The molecule has 324 valence electrons. The number of unbranched alkanes of at least 4 members (excludes halogenated alkanes) is 2. The SMILES string of the molecule is Cc1ncsc1-c1ccc(CNC(=O)[C@@H]2C[C@@H](O)CN2C(=O)C(NC(=O)CCCCCC(=O)N2C3CCC2CN(c2cc(-c4ccccc4O)nnc2N)C3)C(C)(C)C)cc1. The number of carbonyl (C=O) groups is 4. The van der Waals surface area contributed by atoms with Crippen LogP contribution in [0.5, 0.6) is 5.75 Å². The number of aliphatic hydroxyl groups is 1. The Kier molecular flexibility index (Phi) is 13.2. The highest BCUT2D eigenvalue weighted by atomic mass is 32.1. The number of aromatic hydroxyl groups is 1. The lowest BCUT2D eigenvalue weighted by atomic mass is 9.85. The first-order valence-electron chi connectivity index (χ1n) is 21.2. The lowest BCUT2D eigenvalue weighted by Gasteiger charge is -2.42. The first-order valence-corrected chi connectivity index (χ1v) is 22.1. The van der Waals surface area contributed by atoms with Crippen LogP contribution in [-0.2, 0) is 25.7 Å². The summed E-state index contributed by atoms with van der Waals surface area (Å²) in [5.74, 6) is -0.509. The van der Waals surface area contributed by atoms with Gasteiger partial charge in [0.2, 0.25) is 23.6 Å². The van der Waals surface area contributed by atoms with Crippen LogP contribution in [0.15, 0.2) is 60.1 Å². The number of likely N-dealkylation sites (tertiary alicyclic amines) is 1. The van der Waals surface area contributed by atoms with Crippen LogP contribution in [-0.4, -0.2) is 109 Å². The molecule has 0 aliphatic carbocycles. The quantitative estimate of drug-likeness (QED) is 0.109. The number of amides is 4. The second kappa shape index (κ2) is 18.6. The van der Waals surface area contributed by atoms with E-state index in [9.17, 15) is 29.4 Å². The highest BCUT2D eigenvalue weighted by molar-refractivity contribution is 7.13. The number of rotatable bonds is 14. The molecule has 3 fully saturated rings. The summed E-state index contributed by atoms with van der Waals surface area (Å²) in [4.78, 5) is 65.3. The number of phenolic OH excluding ortho intramolecular Hbond substituents is 1. The standard InChI is InChI=1S/C45H57N9O6S/c1-27-40(61-26-48-27)29-16-14-28(15-17-29)22-47-43(59)36-20-32(55)25-53(36)44(60)41(45(2,3)4)49-38(57)12-6-5-7-13-39(58)54-30-18-19-31(54)24-52(23-30)35-21-34(50-51-42(35)46)33-10-8-9-11-37(33)56/h8-11,14-17,21,26,30-32,36,41,55-56H,5-7,12-13,18-20,22-25H2,1-4H3,(H2,46,51)(H,47,59)(H,49,57)/t30?,31?,32-,36+,41?/m1/s1. The molecule has 15 nitrogen and oxygen atoms in total. The van der Waals surface area contributed by atoms with Gasteiger partial charge in [-0.3, -0.25) is 19.2 Å². The Morgan fingerprint density at radius 2 is 1.66 bits per heavy atom. The van der Waals surface area contributed by atoms with Crippen LogP contribution in [0.1, 0.15) is 83.4 Å². The van der Waals surface area contributed by atoms with Crippen LogP contribution in [0, 0.1) is 12.3 Å². The number of phenols is 1. The molecular weight excluding hydrogens is 795 g/mol. The zero-order valence-corrected chi connectivity index (χ0v) is 36.2. The molecule has 4 amide bonds. The number of aliphatic hydroxyl groups excluding tert-OH is 1. The van der Waals surface area contributed by atoms with Gasteiger partial charge in [0.15, 0.2) is 5.82 Å². The molecule has 0 radical (unpaired) electrons. The zero-order chi connectivity index (χ0) is 43.4. The summed E-state index contributed by atoms with van der Waals surface area (Å²) >= 11 is 1.58. The van der Waals surface area contributed by atoms with Gasteiger partial charge in [0.25, 0.3) is 0 Å². The Bertz CT molecular complexity index is 2210. The van der Waals surface area contributed by atoms with E-state index in [0.717, 1.165) is 40.2 Å². The normalized spacial score (nSPS) is 20.4. The molecule has 2 aromatic heterocycles. The van der Waals surface area contributed by atoms with E-state index in [-0.39, 0.29) is 61.5 Å². The van der Waals surface area contributed by atoms with Crippen LogP contribution in [0.4, 0.5) is 11.5 Å². The number of hydrogen-bond acceptors (Lipinski definition) is 12. The Balaban J connectivity index is 0.865. The minimum Gasteiger partial charge on any atom is -0.507 e. The van der Waals surface area contributed by atoms with Crippen LogP contribution in [0.25, 0.3) is 21.7 Å². The van der Waals surface area contributed by atoms with E-state index in [1.165, 1.54) is 4.90 Å². The van der Waals surface area contributed by atoms with Crippen LogP contribution < -0.4 is 21.3 Å². The van der Waals surface area contributed by atoms with Crippen molar-refractivity contribution < 1.29 is 29.4 Å². The number of thiazole rings is 1. The van der Waals surface area contributed by atoms with Crippen molar-refractivity contribution in [1.29, 1.82) is 0 Å². The number of nitrogen functional groups attached to an aromatic ring is 1. The van der Waals surface area contributed by atoms with Crippen LogP contribution in [0.3, 0.4) is 0 Å². The monoisotopic (exact) mass is 851 g/mol. The Morgan fingerprint density at radius 1 is 0.951 bits per heavy atom. The number of nitrogens with one attached hydrogen (secondary N) is 2.